The van der Waals surface area contributed by atoms with Crippen molar-refractivity contribution in [3.63, 3.8) is 0 Å². The van der Waals surface area contributed by atoms with Crippen LogP contribution in [0.15, 0.2) is 0 Å². The molecule has 0 radical (unpaired) electrons. The molecule has 2 rings (SSSR count). The summed E-state index contributed by atoms with van der Waals surface area (Å²) in [5, 5.41) is 18.8. The molecule has 3 nitrogen and oxygen atoms in total. The Kier molecular flexibility index (Phi) is 3.61. The second kappa shape index (κ2) is 4.96. The Bertz CT molecular complexity index is 248. The average Bonchev–Trinajstić information content (AvgIpc) is 2.67. The Balaban J connectivity index is 1.98. The van der Waals surface area contributed by atoms with Gasteiger partial charge in [0.05, 0.1) is 18.7 Å². The van der Waals surface area contributed by atoms with Gasteiger partial charge < -0.3 is 5.11 Å². The Morgan fingerprint density at radius 1 is 1.20 bits per heavy atom. The highest BCUT2D eigenvalue weighted by Crippen LogP contribution is 2.34. The first kappa shape index (κ1) is 10.9. The largest absolute Gasteiger partial charge is 0.393 e. The van der Waals surface area contributed by atoms with E-state index < -0.39 is 0 Å². The van der Waals surface area contributed by atoms with Crippen LogP contribution in [0.3, 0.4) is 0 Å². The molecule has 0 aromatic heterocycles. The van der Waals surface area contributed by atoms with Crippen molar-refractivity contribution < 1.29 is 5.11 Å². The molecule has 1 saturated carbocycles. The summed E-state index contributed by atoms with van der Waals surface area (Å²) in [4.78, 5) is 2.26. The molecule has 1 aliphatic carbocycles. The van der Waals surface area contributed by atoms with Crippen molar-refractivity contribution in [1.29, 1.82) is 5.26 Å². The fourth-order valence-electron chi connectivity index (χ4n) is 3.21. The topological polar surface area (TPSA) is 47.3 Å². The van der Waals surface area contributed by atoms with Crippen LogP contribution >= 0.6 is 0 Å². The van der Waals surface area contributed by atoms with Crippen molar-refractivity contribution in [3.05, 3.63) is 0 Å². The summed E-state index contributed by atoms with van der Waals surface area (Å²) < 4.78 is 0. The number of aliphatic hydroxyl groups is 1. The summed E-state index contributed by atoms with van der Waals surface area (Å²) in [6.45, 7) is 1.58. The summed E-state index contributed by atoms with van der Waals surface area (Å²) in [5.74, 6) is 0.426. The Morgan fingerprint density at radius 3 is 2.73 bits per heavy atom. The third-order valence-corrected chi connectivity index (χ3v) is 3.96. The maximum Gasteiger partial charge on any atom is 0.0868 e. The molecule has 0 amide bonds. The van der Waals surface area contributed by atoms with Crippen molar-refractivity contribution >= 4 is 0 Å². The Hall–Kier alpha value is -0.590. The van der Waals surface area contributed by atoms with Crippen LogP contribution in [0.1, 0.15) is 38.5 Å². The minimum atomic E-state index is -0.122. The van der Waals surface area contributed by atoms with Gasteiger partial charge in [-0.15, -0.1) is 0 Å². The summed E-state index contributed by atoms with van der Waals surface area (Å²) in [5.41, 5.74) is 0. The zero-order chi connectivity index (χ0) is 10.7. The second-order valence-electron chi connectivity index (χ2n) is 4.85. The summed E-state index contributed by atoms with van der Waals surface area (Å²) in [7, 11) is 0. The predicted octanol–water partition coefficient (Wildman–Crippen LogP) is 1.53. The number of nitriles is 1. The SMILES string of the molecule is N#CCN1CCC[C@@H]1[C@@H]1CCCC[C@H]1O. The lowest BCUT2D eigenvalue weighted by atomic mass is 9.80. The molecule has 3 heteroatoms. The first-order valence-corrected chi connectivity index (χ1v) is 6.12. The van der Waals surface area contributed by atoms with Crippen molar-refractivity contribution in [2.45, 2.75) is 50.7 Å². The van der Waals surface area contributed by atoms with Gasteiger partial charge in [-0.25, -0.2) is 0 Å². The number of nitrogens with zero attached hydrogens (tertiary/aromatic N) is 2. The minimum absolute atomic E-state index is 0.122. The van der Waals surface area contributed by atoms with Gasteiger partial charge in [-0.05, 0) is 32.2 Å². The molecule has 0 spiro atoms. The monoisotopic (exact) mass is 208 g/mol. The van der Waals surface area contributed by atoms with Gasteiger partial charge in [0.25, 0.3) is 0 Å². The quantitative estimate of drug-likeness (QED) is 0.700. The minimum Gasteiger partial charge on any atom is -0.393 e. The van der Waals surface area contributed by atoms with Gasteiger partial charge in [-0.1, -0.05) is 12.8 Å². The lowest BCUT2D eigenvalue weighted by molar-refractivity contribution is 0.0253. The number of likely N-dealkylation sites (tertiary alicyclic amines) is 1. The Labute approximate surface area is 91.7 Å². The van der Waals surface area contributed by atoms with E-state index in [1.165, 1.54) is 25.7 Å². The molecule has 1 heterocycles. The smallest absolute Gasteiger partial charge is 0.0868 e. The molecule has 15 heavy (non-hydrogen) atoms. The van der Waals surface area contributed by atoms with Gasteiger partial charge in [0.15, 0.2) is 0 Å². The Morgan fingerprint density at radius 2 is 2.00 bits per heavy atom. The van der Waals surface area contributed by atoms with E-state index in [1.54, 1.807) is 0 Å². The maximum absolute atomic E-state index is 10.0. The first-order valence-electron chi connectivity index (χ1n) is 6.12. The molecule has 3 atom stereocenters. The zero-order valence-corrected chi connectivity index (χ0v) is 9.23. The van der Waals surface area contributed by atoms with Crippen LogP contribution in [0, 0.1) is 17.2 Å². The second-order valence-corrected chi connectivity index (χ2v) is 4.85. The normalized spacial score (nSPS) is 37.7. The van der Waals surface area contributed by atoms with Crippen LogP contribution in [-0.4, -0.2) is 35.2 Å². The van der Waals surface area contributed by atoms with Gasteiger partial charge in [0, 0.05) is 12.0 Å². The van der Waals surface area contributed by atoms with Crippen LogP contribution in [0.4, 0.5) is 0 Å². The molecule has 1 saturated heterocycles. The molecule has 1 N–H and O–H groups in total. The maximum atomic E-state index is 10.0. The lowest BCUT2D eigenvalue weighted by Crippen LogP contribution is -2.42. The molecule has 0 bridgehead atoms. The van der Waals surface area contributed by atoms with Crippen molar-refractivity contribution in [1.82, 2.24) is 4.90 Å². The van der Waals surface area contributed by atoms with E-state index in [0.29, 0.717) is 18.5 Å². The molecule has 2 fully saturated rings. The molecule has 0 unspecified atom stereocenters. The average molecular weight is 208 g/mol. The molecule has 2 aliphatic rings. The molecule has 0 aromatic carbocycles. The fourth-order valence-corrected chi connectivity index (χ4v) is 3.21. The van der Waals surface area contributed by atoms with E-state index >= 15 is 0 Å². The molecule has 84 valence electrons. The molecule has 0 aromatic rings. The van der Waals surface area contributed by atoms with E-state index in [1.807, 2.05) is 0 Å². The van der Waals surface area contributed by atoms with Gasteiger partial charge in [0.1, 0.15) is 0 Å². The summed E-state index contributed by atoms with van der Waals surface area (Å²) >= 11 is 0. The summed E-state index contributed by atoms with van der Waals surface area (Å²) in [6.07, 6.45) is 6.76. The van der Waals surface area contributed by atoms with Gasteiger partial charge >= 0.3 is 0 Å². The molecular weight excluding hydrogens is 188 g/mol. The number of hydrogen-bond acceptors (Lipinski definition) is 3. The van der Waals surface area contributed by atoms with E-state index in [4.69, 9.17) is 5.26 Å². The number of aliphatic hydroxyl groups excluding tert-OH is 1. The van der Waals surface area contributed by atoms with Gasteiger partial charge in [-0.3, -0.25) is 4.90 Å². The van der Waals surface area contributed by atoms with Crippen LogP contribution in [-0.2, 0) is 0 Å². The fraction of sp³-hybridized carbons (Fsp3) is 0.917. The standard InChI is InChI=1S/C12H20N2O/c13-7-9-14-8-3-5-11(14)10-4-1-2-6-12(10)15/h10-12,15H,1-6,8-9H2/t10-,11+,12+/m0/s1. The highest BCUT2D eigenvalue weighted by Gasteiger charge is 2.36. The number of rotatable bonds is 2. The van der Waals surface area contributed by atoms with Gasteiger partial charge in [-0.2, -0.15) is 5.26 Å². The van der Waals surface area contributed by atoms with Crippen molar-refractivity contribution in [2.24, 2.45) is 5.92 Å². The van der Waals surface area contributed by atoms with Crippen LogP contribution < -0.4 is 0 Å². The summed E-state index contributed by atoms with van der Waals surface area (Å²) in [6, 6.07) is 2.71. The highest BCUT2D eigenvalue weighted by molar-refractivity contribution is 4.93. The zero-order valence-electron chi connectivity index (χ0n) is 9.23. The van der Waals surface area contributed by atoms with Crippen LogP contribution in [0.25, 0.3) is 0 Å². The van der Waals surface area contributed by atoms with E-state index in [-0.39, 0.29) is 6.10 Å². The van der Waals surface area contributed by atoms with Crippen molar-refractivity contribution in [3.8, 4) is 6.07 Å². The molecular formula is C12H20N2O. The first-order chi connectivity index (χ1) is 7.33. The van der Waals surface area contributed by atoms with Crippen LogP contribution in [0.2, 0.25) is 0 Å². The lowest BCUT2D eigenvalue weighted by Gasteiger charge is -2.36. The number of hydrogen-bond donors (Lipinski definition) is 1. The van der Waals surface area contributed by atoms with Crippen LogP contribution in [0.5, 0.6) is 0 Å². The van der Waals surface area contributed by atoms with E-state index in [2.05, 4.69) is 11.0 Å². The van der Waals surface area contributed by atoms with Gasteiger partial charge in [0.2, 0.25) is 0 Å². The third kappa shape index (κ3) is 2.32. The van der Waals surface area contributed by atoms with Crippen molar-refractivity contribution in [2.75, 3.05) is 13.1 Å². The molecule has 1 aliphatic heterocycles. The predicted molar refractivity (Wildman–Crippen MR) is 58.2 cm³/mol. The third-order valence-electron chi connectivity index (χ3n) is 3.96. The van der Waals surface area contributed by atoms with E-state index in [0.717, 1.165) is 19.4 Å². The van der Waals surface area contributed by atoms with E-state index in [9.17, 15) is 5.11 Å². The highest BCUT2D eigenvalue weighted by atomic mass is 16.3.